The number of nitrogens with one attached hydrogen (secondary N) is 2. The maximum Gasteiger partial charge on any atom is 0.315 e. The number of amides is 2. The molecule has 0 unspecified atom stereocenters. The number of carbonyl (C=O) groups excluding carboxylic acids is 1. The Labute approximate surface area is 105 Å². The van der Waals surface area contributed by atoms with Gasteiger partial charge in [0, 0.05) is 12.1 Å². The van der Waals surface area contributed by atoms with E-state index in [1.54, 1.807) is 6.07 Å². The van der Waals surface area contributed by atoms with E-state index in [1.807, 2.05) is 20.8 Å². The molecule has 0 aliphatic carbocycles. The highest BCUT2D eigenvalue weighted by molar-refractivity contribution is 6.30. The van der Waals surface area contributed by atoms with E-state index in [-0.39, 0.29) is 16.6 Å². The number of halogens is 2. The van der Waals surface area contributed by atoms with Crippen LogP contribution < -0.4 is 10.6 Å². The lowest BCUT2D eigenvalue weighted by Crippen LogP contribution is -2.46. The van der Waals surface area contributed by atoms with E-state index < -0.39 is 5.82 Å². The van der Waals surface area contributed by atoms with Crippen molar-refractivity contribution in [3.05, 3.63) is 34.6 Å². The summed E-state index contributed by atoms with van der Waals surface area (Å²) in [6.07, 6.45) is 0. The standard InChI is InChI=1S/C12H16ClFN2O/c1-12(2,3)16-11(17)15-7-8-4-5-10(14)9(13)6-8/h4-6H,7H2,1-3H3,(H2,15,16,17). The van der Waals surface area contributed by atoms with Crippen molar-refractivity contribution in [1.29, 1.82) is 0 Å². The molecular weight excluding hydrogens is 243 g/mol. The van der Waals surface area contributed by atoms with Crippen LogP contribution in [0.4, 0.5) is 9.18 Å². The zero-order valence-electron chi connectivity index (χ0n) is 10.1. The molecule has 2 N–H and O–H groups in total. The van der Waals surface area contributed by atoms with Gasteiger partial charge >= 0.3 is 6.03 Å². The van der Waals surface area contributed by atoms with Crippen LogP contribution in [-0.2, 0) is 6.54 Å². The van der Waals surface area contributed by atoms with Crippen molar-refractivity contribution < 1.29 is 9.18 Å². The second-order valence-electron chi connectivity index (χ2n) is 4.81. The van der Waals surface area contributed by atoms with Gasteiger partial charge in [-0.15, -0.1) is 0 Å². The SMILES string of the molecule is CC(C)(C)NC(=O)NCc1ccc(F)c(Cl)c1. The lowest BCUT2D eigenvalue weighted by atomic mass is 10.1. The highest BCUT2D eigenvalue weighted by atomic mass is 35.5. The van der Waals surface area contributed by atoms with Crippen molar-refractivity contribution in [3.8, 4) is 0 Å². The summed E-state index contributed by atoms with van der Waals surface area (Å²) >= 11 is 5.63. The van der Waals surface area contributed by atoms with Gasteiger partial charge in [-0.25, -0.2) is 9.18 Å². The van der Waals surface area contributed by atoms with Gasteiger partial charge in [0.05, 0.1) is 5.02 Å². The molecular formula is C12H16ClFN2O. The zero-order valence-corrected chi connectivity index (χ0v) is 10.9. The third-order valence-corrected chi connectivity index (χ3v) is 2.22. The molecule has 2 amide bonds. The summed E-state index contributed by atoms with van der Waals surface area (Å²) in [4.78, 5) is 11.5. The van der Waals surface area contributed by atoms with Crippen LogP contribution in [0.15, 0.2) is 18.2 Å². The van der Waals surface area contributed by atoms with Gasteiger partial charge in [0.2, 0.25) is 0 Å². The van der Waals surface area contributed by atoms with E-state index >= 15 is 0 Å². The molecule has 3 nitrogen and oxygen atoms in total. The Hall–Kier alpha value is -1.29. The van der Waals surface area contributed by atoms with Crippen LogP contribution in [0.25, 0.3) is 0 Å². The highest BCUT2D eigenvalue weighted by Gasteiger charge is 2.13. The molecule has 0 fully saturated rings. The molecule has 0 aliphatic heterocycles. The molecule has 5 heteroatoms. The van der Waals surface area contributed by atoms with Crippen LogP contribution in [-0.4, -0.2) is 11.6 Å². The van der Waals surface area contributed by atoms with Crippen molar-refractivity contribution in [3.63, 3.8) is 0 Å². The minimum Gasteiger partial charge on any atom is -0.334 e. The van der Waals surface area contributed by atoms with E-state index in [0.29, 0.717) is 6.54 Å². The number of hydrogen-bond acceptors (Lipinski definition) is 1. The number of carbonyl (C=O) groups is 1. The average molecular weight is 259 g/mol. The van der Waals surface area contributed by atoms with Crippen molar-refractivity contribution >= 4 is 17.6 Å². The maximum absolute atomic E-state index is 12.9. The second-order valence-corrected chi connectivity index (χ2v) is 5.21. The Bertz CT molecular complexity index is 415. The van der Waals surface area contributed by atoms with Crippen molar-refractivity contribution in [2.45, 2.75) is 32.9 Å². The first-order valence-electron chi connectivity index (χ1n) is 5.28. The molecule has 0 atom stereocenters. The Morgan fingerprint density at radius 1 is 1.41 bits per heavy atom. The Kier molecular flexibility index (Phi) is 4.34. The largest absolute Gasteiger partial charge is 0.334 e. The monoisotopic (exact) mass is 258 g/mol. The van der Waals surface area contributed by atoms with Crippen molar-refractivity contribution in [2.75, 3.05) is 0 Å². The number of urea groups is 1. The third kappa shape index (κ3) is 5.04. The van der Waals surface area contributed by atoms with Crippen molar-refractivity contribution in [2.24, 2.45) is 0 Å². The fraction of sp³-hybridized carbons (Fsp3) is 0.417. The fourth-order valence-corrected chi connectivity index (χ4v) is 1.42. The van der Waals surface area contributed by atoms with E-state index in [9.17, 15) is 9.18 Å². The maximum atomic E-state index is 12.9. The lowest BCUT2D eigenvalue weighted by Gasteiger charge is -2.20. The first-order chi connectivity index (χ1) is 7.78. The molecule has 0 aliphatic rings. The molecule has 0 spiro atoms. The number of benzene rings is 1. The van der Waals surface area contributed by atoms with E-state index in [2.05, 4.69) is 10.6 Å². The lowest BCUT2D eigenvalue weighted by molar-refractivity contribution is 0.231. The molecule has 17 heavy (non-hydrogen) atoms. The predicted octanol–water partition coefficient (Wildman–Crippen LogP) is 3.08. The van der Waals surface area contributed by atoms with Crippen LogP contribution in [0.3, 0.4) is 0 Å². The van der Waals surface area contributed by atoms with E-state index in [1.165, 1.54) is 12.1 Å². The van der Waals surface area contributed by atoms with Gasteiger partial charge in [0.25, 0.3) is 0 Å². The molecule has 1 aromatic rings. The molecule has 0 heterocycles. The van der Waals surface area contributed by atoms with Gasteiger partial charge in [0.1, 0.15) is 5.82 Å². The molecule has 0 bridgehead atoms. The molecule has 0 saturated heterocycles. The molecule has 94 valence electrons. The minimum absolute atomic E-state index is 0.0560. The van der Waals surface area contributed by atoms with Crippen LogP contribution in [0.5, 0.6) is 0 Å². The smallest absolute Gasteiger partial charge is 0.315 e. The first-order valence-corrected chi connectivity index (χ1v) is 5.66. The van der Waals surface area contributed by atoms with Crippen LogP contribution in [0, 0.1) is 5.82 Å². The number of hydrogen-bond donors (Lipinski definition) is 2. The quantitative estimate of drug-likeness (QED) is 0.841. The van der Waals surface area contributed by atoms with Gasteiger partial charge in [-0.05, 0) is 38.5 Å². The normalized spacial score (nSPS) is 11.1. The zero-order chi connectivity index (χ0) is 13.1. The van der Waals surface area contributed by atoms with Crippen LogP contribution >= 0.6 is 11.6 Å². The van der Waals surface area contributed by atoms with Gasteiger partial charge in [-0.2, -0.15) is 0 Å². The highest BCUT2D eigenvalue weighted by Crippen LogP contribution is 2.15. The van der Waals surface area contributed by atoms with Crippen molar-refractivity contribution in [1.82, 2.24) is 10.6 Å². The van der Waals surface area contributed by atoms with E-state index in [0.717, 1.165) is 5.56 Å². The summed E-state index contributed by atoms with van der Waals surface area (Å²) in [5.41, 5.74) is 0.463. The van der Waals surface area contributed by atoms with Gasteiger partial charge in [-0.3, -0.25) is 0 Å². The van der Waals surface area contributed by atoms with E-state index in [4.69, 9.17) is 11.6 Å². The summed E-state index contributed by atoms with van der Waals surface area (Å²) in [7, 11) is 0. The molecule has 1 aromatic carbocycles. The molecule has 1 rings (SSSR count). The summed E-state index contributed by atoms with van der Waals surface area (Å²) in [5.74, 6) is -0.463. The third-order valence-electron chi connectivity index (χ3n) is 1.93. The molecule has 0 radical (unpaired) electrons. The van der Waals surface area contributed by atoms with Gasteiger partial charge < -0.3 is 10.6 Å². The minimum atomic E-state index is -0.463. The summed E-state index contributed by atoms with van der Waals surface area (Å²) in [6.45, 7) is 5.98. The van der Waals surface area contributed by atoms with Gasteiger partial charge in [-0.1, -0.05) is 17.7 Å². The Morgan fingerprint density at radius 2 is 2.06 bits per heavy atom. The van der Waals surface area contributed by atoms with Crippen LogP contribution in [0.2, 0.25) is 5.02 Å². The van der Waals surface area contributed by atoms with Gasteiger partial charge in [0.15, 0.2) is 0 Å². The molecule has 0 saturated carbocycles. The fourth-order valence-electron chi connectivity index (χ4n) is 1.22. The Balaban J connectivity index is 2.50. The Morgan fingerprint density at radius 3 is 2.59 bits per heavy atom. The summed E-state index contributed by atoms with van der Waals surface area (Å²) < 4.78 is 12.9. The topological polar surface area (TPSA) is 41.1 Å². The summed E-state index contributed by atoms with van der Waals surface area (Å²) in [5, 5.41) is 5.49. The average Bonchev–Trinajstić information content (AvgIpc) is 2.17. The first kappa shape index (κ1) is 13.8. The predicted molar refractivity (Wildman–Crippen MR) is 66.5 cm³/mol. The second kappa shape index (κ2) is 5.36. The van der Waals surface area contributed by atoms with Crippen LogP contribution in [0.1, 0.15) is 26.3 Å². The summed E-state index contributed by atoms with van der Waals surface area (Å²) in [6, 6.07) is 4.09. The molecule has 0 aromatic heterocycles. The number of rotatable bonds is 2.